The standard InChI is InChI=1S/C15H21N3O3/c1-11(2)18-8-7-17(14(19)15(18)20)9-10-21-13-5-3-12(16)4-6-13/h3-6,11H,7-10,16H2,1-2H3. The molecule has 0 radical (unpaired) electrons. The highest BCUT2D eigenvalue weighted by Crippen LogP contribution is 2.13. The van der Waals surface area contributed by atoms with Gasteiger partial charge in [-0.1, -0.05) is 0 Å². The molecule has 0 aromatic heterocycles. The molecule has 0 unspecified atom stereocenters. The number of nitrogen functional groups attached to an aromatic ring is 1. The Balaban J connectivity index is 1.83. The second-order valence-corrected chi connectivity index (χ2v) is 5.30. The van der Waals surface area contributed by atoms with Gasteiger partial charge in [0.2, 0.25) is 0 Å². The van der Waals surface area contributed by atoms with Crippen LogP contribution in [0.4, 0.5) is 5.69 Å². The third-order valence-electron chi connectivity index (χ3n) is 3.48. The van der Waals surface area contributed by atoms with Gasteiger partial charge in [-0.15, -0.1) is 0 Å². The molecule has 1 aliphatic heterocycles. The van der Waals surface area contributed by atoms with Crippen molar-refractivity contribution in [3.05, 3.63) is 24.3 Å². The van der Waals surface area contributed by atoms with Gasteiger partial charge in [0.1, 0.15) is 12.4 Å². The van der Waals surface area contributed by atoms with Gasteiger partial charge in [0.05, 0.1) is 6.54 Å². The van der Waals surface area contributed by atoms with Crippen LogP contribution in [0.15, 0.2) is 24.3 Å². The van der Waals surface area contributed by atoms with Crippen molar-refractivity contribution in [3.8, 4) is 5.75 Å². The maximum absolute atomic E-state index is 12.0. The zero-order chi connectivity index (χ0) is 15.4. The van der Waals surface area contributed by atoms with E-state index in [1.165, 1.54) is 0 Å². The van der Waals surface area contributed by atoms with E-state index in [1.54, 1.807) is 34.1 Å². The van der Waals surface area contributed by atoms with Crippen molar-refractivity contribution < 1.29 is 14.3 Å². The van der Waals surface area contributed by atoms with Gasteiger partial charge in [-0.2, -0.15) is 0 Å². The van der Waals surface area contributed by atoms with Crippen molar-refractivity contribution in [1.82, 2.24) is 9.80 Å². The predicted octanol–water partition coefficient (Wildman–Crippen LogP) is 0.727. The zero-order valence-corrected chi connectivity index (χ0v) is 12.4. The molecule has 0 aliphatic carbocycles. The van der Waals surface area contributed by atoms with Gasteiger partial charge < -0.3 is 20.3 Å². The Labute approximate surface area is 124 Å². The highest BCUT2D eigenvalue weighted by atomic mass is 16.5. The summed E-state index contributed by atoms with van der Waals surface area (Å²) in [5.74, 6) is -0.177. The van der Waals surface area contributed by atoms with Crippen LogP contribution in [0.5, 0.6) is 5.75 Å². The number of amides is 2. The summed E-state index contributed by atoms with van der Waals surface area (Å²) in [4.78, 5) is 27.1. The second kappa shape index (κ2) is 6.47. The van der Waals surface area contributed by atoms with Gasteiger partial charge in [0, 0.05) is 24.8 Å². The number of benzene rings is 1. The normalized spacial score (nSPS) is 15.8. The molecule has 2 amide bonds. The van der Waals surface area contributed by atoms with E-state index in [-0.39, 0.29) is 6.04 Å². The summed E-state index contributed by atoms with van der Waals surface area (Å²) >= 11 is 0. The van der Waals surface area contributed by atoms with Gasteiger partial charge in [-0.05, 0) is 38.1 Å². The summed E-state index contributed by atoms with van der Waals surface area (Å²) in [5, 5.41) is 0. The van der Waals surface area contributed by atoms with Crippen LogP contribution in [0.3, 0.4) is 0 Å². The smallest absolute Gasteiger partial charge is 0.312 e. The Hall–Kier alpha value is -2.24. The summed E-state index contributed by atoms with van der Waals surface area (Å²) in [5.41, 5.74) is 6.27. The Bertz CT molecular complexity index is 513. The number of nitrogens with two attached hydrogens (primary N) is 1. The topological polar surface area (TPSA) is 75.9 Å². The van der Waals surface area contributed by atoms with Gasteiger partial charge in [-0.25, -0.2) is 0 Å². The highest BCUT2D eigenvalue weighted by Gasteiger charge is 2.33. The first-order valence-corrected chi connectivity index (χ1v) is 7.07. The number of rotatable bonds is 5. The first-order chi connectivity index (χ1) is 9.99. The van der Waals surface area contributed by atoms with E-state index in [0.29, 0.717) is 37.7 Å². The van der Waals surface area contributed by atoms with Gasteiger partial charge in [-0.3, -0.25) is 9.59 Å². The number of ether oxygens (including phenoxy) is 1. The van der Waals surface area contributed by atoms with Crippen molar-refractivity contribution in [3.63, 3.8) is 0 Å². The van der Waals surface area contributed by atoms with Crippen molar-refractivity contribution >= 4 is 17.5 Å². The van der Waals surface area contributed by atoms with Crippen molar-refractivity contribution in [2.45, 2.75) is 19.9 Å². The van der Waals surface area contributed by atoms with E-state index < -0.39 is 11.8 Å². The molecule has 6 heteroatoms. The molecular formula is C15H21N3O3. The van der Waals surface area contributed by atoms with Crippen LogP contribution in [0, 0.1) is 0 Å². The minimum Gasteiger partial charge on any atom is -0.492 e. The van der Waals surface area contributed by atoms with E-state index in [2.05, 4.69) is 0 Å². The molecule has 1 heterocycles. The lowest BCUT2D eigenvalue weighted by atomic mass is 10.2. The van der Waals surface area contributed by atoms with Crippen LogP contribution in [0.25, 0.3) is 0 Å². The molecule has 1 aromatic rings. The lowest BCUT2D eigenvalue weighted by molar-refractivity contribution is -0.157. The fraction of sp³-hybridized carbons (Fsp3) is 0.467. The molecule has 21 heavy (non-hydrogen) atoms. The maximum Gasteiger partial charge on any atom is 0.312 e. The molecule has 1 saturated heterocycles. The Morgan fingerprint density at radius 3 is 2.43 bits per heavy atom. The Morgan fingerprint density at radius 2 is 1.81 bits per heavy atom. The summed E-state index contributed by atoms with van der Waals surface area (Å²) < 4.78 is 5.55. The number of piperazine rings is 1. The molecule has 6 nitrogen and oxygen atoms in total. The third-order valence-corrected chi connectivity index (χ3v) is 3.48. The van der Waals surface area contributed by atoms with E-state index in [0.717, 1.165) is 0 Å². The van der Waals surface area contributed by atoms with Crippen LogP contribution >= 0.6 is 0 Å². The summed E-state index contributed by atoms with van der Waals surface area (Å²) in [7, 11) is 0. The minimum atomic E-state index is -0.448. The number of carbonyl (C=O) groups is 2. The van der Waals surface area contributed by atoms with Gasteiger partial charge >= 0.3 is 11.8 Å². The average molecular weight is 291 g/mol. The minimum absolute atomic E-state index is 0.0506. The average Bonchev–Trinajstić information content (AvgIpc) is 2.45. The van der Waals surface area contributed by atoms with E-state index >= 15 is 0 Å². The molecule has 0 atom stereocenters. The molecule has 0 bridgehead atoms. The maximum atomic E-state index is 12.0. The number of anilines is 1. The molecular weight excluding hydrogens is 270 g/mol. The second-order valence-electron chi connectivity index (χ2n) is 5.30. The Morgan fingerprint density at radius 1 is 1.14 bits per heavy atom. The molecule has 2 rings (SSSR count). The predicted molar refractivity (Wildman–Crippen MR) is 79.8 cm³/mol. The SMILES string of the molecule is CC(C)N1CCN(CCOc2ccc(N)cc2)C(=O)C1=O. The third kappa shape index (κ3) is 3.65. The van der Waals surface area contributed by atoms with Gasteiger partial charge in [0.25, 0.3) is 0 Å². The molecule has 0 spiro atoms. The number of carbonyl (C=O) groups excluding carboxylic acids is 2. The van der Waals surface area contributed by atoms with Crippen molar-refractivity contribution in [1.29, 1.82) is 0 Å². The molecule has 2 N–H and O–H groups in total. The van der Waals surface area contributed by atoms with Crippen molar-refractivity contribution in [2.24, 2.45) is 0 Å². The van der Waals surface area contributed by atoms with Crippen molar-refractivity contribution in [2.75, 3.05) is 32.0 Å². The molecule has 1 fully saturated rings. The Kier molecular flexibility index (Phi) is 4.67. The van der Waals surface area contributed by atoms with E-state index in [4.69, 9.17) is 10.5 Å². The molecule has 114 valence electrons. The summed E-state index contributed by atoms with van der Waals surface area (Å²) in [6, 6.07) is 7.11. The number of nitrogens with zero attached hydrogens (tertiary/aromatic N) is 2. The fourth-order valence-corrected chi connectivity index (χ4v) is 2.23. The van der Waals surface area contributed by atoms with Gasteiger partial charge in [0.15, 0.2) is 0 Å². The molecule has 0 saturated carbocycles. The first-order valence-electron chi connectivity index (χ1n) is 7.07. The van der Waals surface area contributed by atoms with Crippen LogP contribution < -0.4 is 10.5 Å². The van der Waals surface area contributed by atoms with Crippen LogP contribution in [0.1, 0.15) is 13.8 Å². The highest BCUT2D eigenvalue weighted by molar-refractivity contribution is 6.35. The first kappa shape index (κ1) is 15.2. The lowest BCUT2D eigenvalue weighted by Gasteiger charge is -2.35. The van der Waals surface area contributed by atoms with E-state index in [1.807, 2.05) is 13.8 Å². The van der Waals surface area contributed by atoms with Crippen LogP contribution in [-0.4, -0.2) is 53.9 Å². The van der Waals surface area contributed by atoms with Crippen LogP contribution in [-0.2, 0) is 9.59 Å². The quantitative estimate of drug-likeness (QED) is 0.641. The zero-order valence-electron chi connectivity index (χ0n) is 12.4. The van der Waals surface area contributed by atoms with Crippen LogP contribution in [0.2, 0.25) is 0 Å². The molecule has 1 aliphatic rings. The summed E-state index contributed by atoms with van der Waals surface area (Å²) in [6.45, 7) is 5.69. The lowest BCUT2D eigenvalue weighted by Crippen LogP contribution is -2.56. The monoisotopic (exact) mass is 291 g/mol. The van der Waals surface area contributed by atoms with E-state index in [9.17, 15) is 9.59 Å². The summed E-state index contributed by atoms with van der Waals surface area (Å²) in [6.07, 6.45) is 0. The molecule has 1 aromatic carbocycles. The number of hydrogen-bond donors (Lipinski definition) is 1. The number of hydrogen-bond acceptors (Lipinski definition) is 4. The fourth-order valence-electron chi connectivity index (χ4n) is 2.23. The largest absolute Gasteiger partial charge is 0.492 e.